The number of nitrogens with one attached hydrogen (secondary N) is 1. The van der Waals surface area contributed by atoms with Gasteiger partial charge >= 0.3 is 0 Å². The molecule has 2 amide bonds. The lowest BCUT2D eigenvalue weighted by Crippen LogP contribution is -2.39. The molecule has 0 unspecified atom stereocenters. The molecule has 2 rings (SSSR count). The van der Waals surface area contributed by atoms with Crippen LogP contribution in [0.5, 0.6) is 5.75 Å². The lowest BCUT2D eigenvalue weighted by Gasteiger charge is -2.32. The van der Waals surface area contributed by atoms with Crippen molar-refractivity contribution in [3.05, 3.63) is 29.8 Å². The van der Waals surface area contributed by atoms with Gasteiger partial charge in [-0.3, -0.25) is 9.59 Å². The SMILES string of the molecule is CCCC(=O)N1CCC(COc2ccc(C(=O)NC(C)C)cc2)CC1. The number of piperidine rings is 1. The first-order valence-corrected chi connectivity index (χ1v) is 9.31. The fraction of sp³-hybridized carbons (Fsp3) is 0.600. The number of ether oxygens (including phenoxy) is 1. The van der Waals surface area contributed by atoms with Crippen LogP contribution in [0.3, 0.4) is 0 Å². The average molecular weight is 346 g/mol. The maximum absolute atomic E-state index is 11.9. The van der Waals surface area contributed by atoms with Crippen LogP contribution in [0.2, 0.25) is 0 Å². The highest BCUT2D eigenvalue weighted by Crippen LogP contribution is 2.20. The van der Waals surface area contributed by atoms with Gasteiger partial charge in [0.05, 0.1) is 6.61 Å². The maximum Gasteiger partial charge on any atom is 0.251 e. The number of hydrogen-bond donors (Lipinski definition) is 1. The van der Waals surface area contributed by atoms with Crippen molar-refractivity contribution in [1.82, 2.24) is 10.2 Å². The van der Waals surface area contributed by atoms with Crippen LogP contribution in [0.15, 0.2) is 24.3 Å². The van der Waals surface area contributed by atoms with Crippen LogP contribution in [0.1, 0.15) is 56.8 Å². The summed E-state index contributed by atoms with van der Waals surface area (Å²) < 4.78 is 5.87. The van der Waals surface area contributed by atoms with Crippen molar-refractivity contribution < 1.29 is 14.3 Å². The molecule has 1 saturated heterocycles. The van der Waals surface area contributed by atoms with E-state index in [2.05, 4.69) is 5.32 Å². The molecule has 1 aliphatic rings. The molecule has 5 nitrogen and oxygen atoms in total. The Bertz CT molecular complexity index is 561. The molecule has 0 radical (unpaired) electrons. The van der Waals surface area contributed by atoms with Crippen molar-refractivity contribution in [1.29, 1.82) is 0 Å². The minimum absolute atomic E-state index is 0.0642. The van der Waals surface area contributed by atoms with Crippen LogP contribution in [0.25, 0.3) is 0 Å². The zero-order valence-electron chi connectivity index (χ0n) is 15.6. The Kier molecular flexibility index (Phi) is 7.29. The third-order valence-electron chi connectivity index (χ3n) is 4.45. The van der Waals surface area contributed by atoms with Crippen LogP contribution in [-0.2, 0) is 4.79 Å². The van der Waals surface area contributed by atoms with E-state index in [-0.39, 0.29) is 17.9 Å². The Morgan fingerprint density at radius 1 is 1.20 bits per heavy atom. The lowest BCUT2D eigenvalue weighted by atomic mass is 9.97. The average Bonchev–Trinajstić information content (AvgIpc) is 2.60. The van der Waals surface area contributed by atoms with Crippen LogP contribution in [-0.4, -0.2) is 42.5 Å². The first-order valence-electron chi connectivity index (χ1n) is 9.31. The zero-order valence-corrected chi connectivity index (χ0v) is 15.6. The highest BCUT2D eigenvalue weighted by atomic mass is 16.5. The van der Waals surface area contributed by atoms with Gasteiger partial charge in [0, 0.05) is 31.1 Å². The molecule has 1 aliphatic heterocycles. The predicted molar refractivity (Wildman–Crippen MR) is 98.8 cm³/mol. The van der Waals surface area contributed by atoms with E-state index in [0.717, 1.165) is 38.1 Å². The van der Waals surface area contributed by atoms with Crippen LogP contribution in [0.4, 0.5) is 0 Å². The Labute approximate surface area is 150 Å². The van der Waals surface area contributed by atoms with E-state index in [1.54, 1.807) is 12.1 Å². The molecule has 5 heteroatoms. The Balaban J connectivity index is 1.75. The lowest BCUT2D eigenvalue weighted by molar-refractivity contribution is -0.132. The Morgan fingerprint density at radius 3 is 2.40 bits per heavy atom. The predicted octanol–water partition coefficient (Wildman–Crippen LogP) is 3.24. The van der Waals surface area contributed by atoms with Gasteiger partial charge in [0.1, 0.15) is 5.75 Å². The van der Waals surface area contributed by atoms with Gasteiger partial charge in [-0.05, 0) is 63.3 Å². The summed E-state index contributed by atoms with van der Waals surface area (Å²) in [5.74, 6) is 1.47. The molecule has 25 heavy (non-hydrogen) atoms. The highest BCUT2D eigenvalue weighted by Gasteiger charge is 2.22. The molecule has 0 aromatic heterocycles. The first kappa shape index (κ1) is 19.3. The number of likely N-dealkylation sites (tertiary alicyclic amines) is 1. The van der Waals surface area contributed by atoms with Crippen molar-refractivity contribution in [3.63, 3.8) is 0 Å². The van der Waals surface area contributed by atoms with Crippen molar-refractivity contribution in [3.8, 4) is 5.75 Å². The summed E-state index contributed by atoms with van der Waals surface area (Å²) in [6.07, 6.45) is 3.54. The van der Waals surface area contributed by atoms with E-state index in [4.69, 9.17) is 4.74 Å². The Morgan fingerprint density at radius 2 is 1.84 bits per heavy atom. The molecule has 0 aliphatic carbocycles. The van der Waals surface area contributed by atoms with E-state index < -0.39 is 0 Å². The molecule has 1 fully saturated rings. The van der Waals surface area contributed by atoms with Crippen molar-refractivity contribution >= 4 is 11.8 Å². The number of carbonyl (C=O) groups excluding carboxylic acids is 2. The van der Waals surface area contributed by atoms with Gasteiger partial charge in [-0.1, -0.05) is 6.92 Å². The van der Waals surface area contributed by atoms with Gasteiger partial charge in [0.2, 0.25) is 5.91 Å². The van der Waals surface area contributed by atoms with Gasteiger partial charge in [-0.15, -0.1) is 0 Å². The number of hydrogen-bond acceptors (Lipinski definition) is 3. The summed E-state index contributed by atoms with van der Waals surface area (Å²) in [6.45, 7) is 8.25. The highest BCUT2D eigenvalue weighted by molar-refractivity contribution is 5.94. The monoisotopic (exact) mass is 346 g/mol. The quantitative estimate of drug-likeness (QED) is 0.824. The van der Waals surface area contributed by atoms with Crippen LogP contribution < -0.4 is 10.1 Å². The fourth-order valence-electron chi connectivity index (χ4n) is 2.98. The normalized spacial score (nSPS) is 15.3. The smallest absolute Gasteiger partial charge is 0.251 e. The number of rotatable bonds is 7. The summed E-state index contributed by atoms with van der Waals surface area (Å²) in [7, 11) is 0. The molecule has 1 aromatic carbocycles. The third kappa shape index (κ3) is 6.07. The van der Waals surface area contributed by atoms with E-state index in [1.165, 1.54) is 0 Å². The van der Waals surface area contributed by atoms with Crippen molar-refractivity contribution in [2.75, 3.05) is 19.7 Å². The third-order valence-corrected chi connectivity index (χ3v) is 4.45. The van der Waals surface area contributed by atoms with E-state index in [1.807, 2.05) is 37.8 Å². The number of amides is 2. The zero-order chi connectivity index (χ0) is 18.2. The van der Waals surface area contributed by atoms with Gasteiger partial charge < -0.3 is 15.0 Å². The molecule has 1 N–H and O–H groups in total. The molecule has 0 atom stereocenters. The summed E-state index contributed by atoms with van der Waals surface area (Å²) in [5, 5.41) is 2.87. The molecular formula is C20H30N2O3. The van der Waals surface area contributed by atoms with Gasteiger partial charge in [-0.2, -0.15) is 0 Å². The van der Waals surface area contributed by atoms with Gasteiger partial charge in [0.25, 0.3) is 5.91 Å². The second-order valence-corrected chi connectivity index (χ2v) is 7.04. The molecule has 0 bridgehead atoms. The summed E-state index contributed by atoms with van der Waals surface area (Å²) in [6, 6.07) is 7.39. The fourth-order valence-corrected chi connectivity index (χ4v) is 2.98. The number of carbonyl (C=O) groups is 2. The summed E-state index contributed by atoms with van der Waals surface area (Å²) in [5.41, 5.74) is 0.642. The minimum atomic E-state index is -0.0642. The van der Waals surface area contributed by atoms with Crippen LogP contribution >= 0.6 is 0 Å². The number of benzene rings is 1. The largest absolute Gasteiger partial charge is 0.493 e. The summed E-state index contributed by atoms with van der Waals surface area (Å²) in [4.78, 5) is 25.8. The minimum Gasteiger partial charge on any atom is -0.493 e. The molecule has 0 spiro atoms. The molecule has 1 aromatic rings. The standard InChI is InChI=1S/C20H30N2O3/c1-4-5-19(23)22-12-10-16(11-13-22)14-25-18-8-6-17(7-9-18)20(24)21-15(2)3/h6-9,15-16H,4-5,10-14H2,1-3H3,(H,21,24). The molecule has 0 saturated carbocycles. The first-order chi connectivity index (χ1) is 12.0. The Hall–Kier alpha value is -2.04. The maximum atomic E-state index is 11.9. The van der Waals surface area contributed by atoms with E-state index in [9.17, 15) is 9.59 Å². The van der Waals surface area contributed by atoms with Crippen molar-refractivity contribution in [2.24, 2.45) is 5.92 Å². The number of nitrogens with zero attached hydrogens (tertiary/aromatic N) is 1. The van der Waals surface area contributed by atoms with Gasteiger partial charge in [-0.25, -0.2) is 0 Å². The van der Waals surface area contributed by atoms with Crippen molar-refractivity contribution in [2.45, 2.75) is 52.5 Å². The van der Waals surface area contributed by atoms with E-state index in [0.29, 0.717) is 24.5 Å². The van der Waals surface area contributed by atoms with Gasteiger partial charge in [0.15, 0.2) is 0 Å². The second kappa shape index (κ2) is 9.44. The molecule has 1 heterocycles. The molecular weight excluding hydrogens is 316 g/mol. The second-order valence-electron chi connectivity index (χ2n) is 7.04. The molecule has 138 valence electrons. The topological polar surface area (TPSA) is 58.6 Å². The van der Waals surface area contributed by atoms with Crippen LogP contribution in [0, 0.1) is 5.92 Å². The summed E-state index contributed by atoms with van der Waals surface area (Å²) >= 11 is 0. The van der Waals surface area contributed by atoms with E-state index >= 15 is 0 Å².